The molecule has 1 amide bonds. The fourth-order valence-corrected chi connectivity index (χ4v) is 2.19. The van der Waals surface area contributed by atoms with E-state index in [4.69, 9.17) is 0 Å². The van der Waals surface area contributed by atoms with Gasteiger partial charge in [-0.2, -0.15) is 0 Å². The van der Waals surface area contributed by atoms with Crippen molar-refractivity contribution in [2.45, 2.75) is 19.8 Å². The molecule has 0 spiro atoms. The van der Waals surface area contributed by atoms with Crippen molar-refractivity contribution in [1.29, 1.82) is 0 Å². The molecule has 1 N–H and O–H groups in total. The highest BCUT2D eigenvalue weighted by Crippen LogP contribution is 2.17. The molecule has 0 saturated heterocycles. The van der Waals surface area contributed by atoms with Gasteiger partial charge in [-0.05, 0) is 47.4 Å². The molecule has 0 aliphatic rings. The lowest BCUT2D eigenvalue weighted by Gasteiger charge is -2.12. The van der Waals surface area contributed by atoms with Gasteiger partial charge < -0.3 is 10.2 Å². The van der Waals surface area contributed by atoms with Crippen LogP contribution in [0.1, 0.15) is 30.9 Å². The van der Waals surface area contributed by atoms with Crippen molar-refractivity contribution < 1.29 is 4.79 Å². The highest BCUT2D eigenvalue weighted by Gasteiger charge is 2.00. The molecular formula is C20H24N2O. The topological polar surface area (TPSA) is 32.3 Å². The molecule has 0 saturated carbocycles. The summed E-state index contributed by atoms with van der Waals surface area (Å²) in [7, 11) is 3.97. The number of rotatable bonds is 5. The van der Waals surface area contributed by atoms with Crippen LogP contribution in [-0.4, -0.2) is 20.0 Å². The Bertz CT molecular complexity index is 668. The zero-order chi connectivity index (χ0) is 16.8. The predicted molar refractivity (Wildman–Crippen MR) is 99.0 cm³/mol. The number of carbonyl (C=O) groups is 1. The summed E-state index contributed by atoms with van der Waals surface area (Å²) in [4.78, 5) is 14.0. The third kappa shape index (κ3) is 4.99. The second kappa shape index (κ2) is 7.63. The van der Waals surface area contributed by atoms with Crippen molar-refractivity contribution in [2.24, 2.45) is 0 Å². The maximum atomic E-state index is 12.0. The number of hydrogen-bond acceptors (Lipinski definition) is 2. The number of benzene rings is 2. The Labute approximate surface area is 138 Å². The monoisotopic (exact) mass is 308 g/mol. The van der Waals surface area contributed by atoms with E-state index in [2.05, 4.69) is 31.3 Å². The fraction of sp³-hybridized carbons (Fsp3) is 0.250. The van der Waals surface area contributed by atoms with Gasteiger partial charge >= 0.3 is 0 Å². The van der Waals surface area contributed by atoms with Gasteiger partial charge in [-0.3, -0.25) is 4.79 Å². The van der Waals surface area contributed by atoms with Crippen LogP contribution >= 0.6 is 0 Å². The van der Waals surface area contributed by atoms with E-state index in [9.17, 15) is 4.79 Å². The fourth-order valence-electron chi connectivity index (χ4n) is 2.19. The quantitative estimate of drug-likeness (QED) is 0.823. The highest BCUT2D eigenvalue weighted by atomic mass is 16.1. The number of amides is 1. The van der Waals surface area contributed by atoms with Crippen molar-refractivity contribution in [3.63, 3.8) is 0 Å². The molecule has 3 heteroatoms. The molecule has 0 aliphatic carbocycles. The molecule has 0 bridgehead atoms. The molecule has 0 unspecified atom stereocenters. The molecule has 0 atom stereocenters. The maximum Gasteiger partial charge on any atom is 0.248 e. The number of carbonyl (C=O) groups excluding carboxylic acids is 1. The van der Waals surface area contributed by atoms with Gasteiger partial charge in [0.25, 0.3) is 0 Å². The molecule has 0 fully saturated rings. The van der Waals surface area contributed by atoms with Crippen LogP contribution in [0.5, 0.6) is 0 Å². The van der Waals surface area contributed by atoms with Crippen LogP contribution in [0, 0.1) is 0 Å². The number of nitrogens with zero attached hydrogens (tertiary/aromatic N) is 1. The predicted octanol–water partition coefficient (Wildman–Crippen LogP) is 4.53. The summed E-state index contributed by atoms with van der Waals surface area (Å²) < 4.78 is 0. The number of nitrogens with one attached hydrogen (secondary N) is 1. The van der Waals surface area contributed by atoms with Crippen molar-refractivity contribution in [3.8, 4) is 0 Å². The summed E-state index contributed by atoms with van der Waals surface area (Å²) >= 11 is 0. The van der Waals surface area contributed by atoms with Crippen LogP contribution in [0.4, 0.5) is 11.4 Å². The SMILES string of the molecule is CC(C)c1ccc(C=CC(=O)Nc2ccc(N(C)C)cc2)cc1. The van der Waals surface area contributed by atoms with E-state index >= 15 is 0 Å². The molecule has 2 aromatic rings. The van der Waals surface area contributed by atoms with E-state index < -0.39 is 0 Å². The molecule has 120 valence electrons. The van der Waals surface area contributed by atoms with Gasteiger partial charge in [-0.15, -0.1) is 0 Å². The first kappa shape index (κ1) is 16.8. The van der Waals surface area contributed by atoms with Crippen molar-refractivity contribution in [1.82, 2.24) is 0 Å². The maximum absolute atomic E-state index is 12.0. The number of hydrogen-bond donors (Lipinski definition) is 1. The molecule has 0 aliphatic heterocycles. The molecule has 3 nitrogen and oxygen atoms in total. The lowest BCUT2D eigenvalue weighted by Crippen LogP contribution is -2.10. The Hall–Kier alpha value is -2.55. The summed E-state index contributed by atoms with van der Waals surface area (Å²) in [5, 5.41) is 2.86. The van der Waals surface area contributed by atoms with E-state index in [1.54, 1.807) is 6.08 Å². The van der Waals surface area contributed by atoms with Gasteiger partial charge in [-0.1, -0.05) is 38.1 Å². The molecule has 23 heavy (non-hydrogen) atoms. The van der Waals surface area contributed by atoms with Gasteiger partial charge in [0.2, 0.25) is 5.91 Å². The Morgan fingerprint density at radius 1 is 1.00 bits per heavy atom. The van der Waals surface area contributed by atoms with Crippen LogP contribution in [0.15, 0.2) is 54.6 Å². The second-order valence-corrected chi connectivity index (χ2v) is 6.09. The van der Waals surface area contributed by atoms with Gasteiger partial charge in [0.15, 0.2) is 0 Å². The largest absolute Gasteiger partial charge is 0.378 e. The van der Waals surface area contributed by atoms with E-state index in [1.165, 1.54) is 5.56 Å². The Balaban J connectivity index is 1.95. The normalized spacial score (nSPS) is 11.0. The standard InChI is InChI=1S/C20H24N2O/c1-15(2)17-8-5-16(6-9-17)7-14-20(23)21-18-10-12-19(13-11-18)22(3)4/h5-15H,1-4H3,(H,21,23). The molecule has 2 rings (SSSR count). The minimum atomic E-state index is -0.129. The lowest BCUT2D eigenvalue weighted by molar-refractivity contribution is -0.111. The Morgan fingerprint density at radius 3 is 2.13 bits per heavy atom. The van der Waals surface area contributed by atoms with Crippen LogP contribution in [-0.2, 0) is 4.79 Å². The summed E-state index contributed by atoms with van der Waals surface area (Å²) in [5.41, 5.74) is 4.21. The number of anilines is 2. The van der Waals surface area contributed by atoms with Crippen LogP contribution < -0.4 is 10.2 Å². The van der Waals surface area contributed by atoms with Crippen LogP contribution in [0.3, 0.4) is 0 Å². The van der Waals surface area contributed by atoms with Crippen LogP contribution in [0.25, 0.3) is 6.08 Å². The third-order valence-electron chi connectivity index (χ3n) is 3.68. The minimum Gasteiger partial charge on any atom is -0.378 e. The molecule has 0 aromatic heterocycles. The zero-order valence-corrected chi connectivity index (χ0v) is 14.2. The smallest absolute Gasteiger partial charge is 0.248 e. The minimum absolute atomic E-state index is 0.129. The summed E-state index contributed by atoms with van der Waals surface area (Å²) in [6.45, 7) is 4.33. The van der Waals surface area contributed by atoms with E-state index in [1.807, 2.05) is 61.5 Å². The molecule has 0 radical (unpaired) electrons. The average Bonchev–Trinajstić information content (AvgIpc) is 2.54. The van der Waals surface area contributed by atoms with Crippen molar-refractivity contribution in [2.75, 3.05) is 24.3 Å². The Morgan fingerprint density at radius 2 is 1.61 bits per heavy atom. The first-order valence-corrected chi connectivity index (χ1v) is 7.82. The van der Waals surface area contributed by atoms with Gasteiger partial charge in [-0.25, -0.2) is 0 Å². The van der Waals surface area contributed by atoms with Crippen LogP contribution in [0.2, 0.25) is 0 Å². The summed E-state index contributed by atoms with van der Waals surface area (Å²) in [6.07, 6.45) is 3.39. The van der Waals surface area contributed by atoms with Gasteiger partial charge in [0.1, 0.15) is 0 Å². The first-order valence-electron chi connectivity index (χ1n) is 7.82. The molecular weight excluding hydrogens is 284 g/mol. The van der Waals surface area contributed by atoms with Crippen molar-refractivity contribution in [3.05, 3.63) is 65.7 Å². The van der Waals surface area contributed by atoms with Gasteiger partial charge in [0, 0.05) is 31.5 Å². The van der Waals surface area contributed by atoms with E-state index in [0.29, 0.717) is 5.92 Å². The second-order valence-electron chi connectivity index (χ2n) is 6.09. The van der Waals surface area contributed by atoms with Crippen molar-refractivity contribution >= 4 is 23.4 Å². The average molecular weight is 308 g/mol. The third-order valence-corrected chi connectivity index (χ3v) is 3.68. The Kier molecular flexibility index (Phi) is 5.58. The summed E-state index contributed by atoms with van der Waals surface area (Å²) in [5.74, 6) is 0.386. The highest BCUT2D eigenvalue weighted by molar-refractivity contribution is 6.02. The summed E-state index contributed by atoms with van der Waals surface area (Å²) in [6, 6.07) is 16.0. The van der Waals surface area contributed by atoms with E-state index in [-0.39, 0.29) is 5.91 Å². The van der Waals surface area contributed by atoms with E-state index in [0.717, 1.165) is 16.9 Å². The lowest BCUT2D eigenvalue weighted by atomic mass is 10.0. The van der Waals surface area contributed by atoms with Gasteiger partial charge in [0.05, 0.1) is 0 Å². The molecule has 0 heterocycles. The molecule has 2 aromatic carbocycles. The zero-order valence-electron chi connectivity index (χ0n) is 14.2. The first-order chi connectivity index (χ1) is 11.0.